The van der Waals surface area contributed by atoms with Crippen molar-refractivity contribution in [1.29, 1.82) is 0 Å². The van der Waals surface area contributed by atoms with E-state index in [-0.39, 0.29) is 40.5 Å². The van der Waals surface area contributed by atoms with E-state index in [9.17, 15) is 19.8 Å². The molecule has 2 N–H and O–H groups in total. The number of carbonyl (C=O) groups excluding carboxylic acids is 2. The zero-order chi connectivity index (χ0) is 28.0. The molecule has 0 spiro atoms. The molecule has 1 aromatic carbocycles. The molecule has 7 atom stereocenters. The van der Waals surface area contributed by atoms with Gasteiger partial charge in [0.2, 0.25) is 0 Å². The molecular formula is C31H41Cl2NO4S. The van der Waals surface area contributed by atoms with Crippen LogP contribution in [0.15, 0.2) is 40.8 Å². The Labute approximate surface area is 246 Å². The molecule has 4 aliphatic carbocycles. The lowest BCUT2D eigenvalue weighted by Crippen LogP contribution is -2.61. The van der Waals surface area contributed by atoms with Gasteiger partial charge in [-0.15, -0.1) is 35.0 Å². The van der Waals surface area contributed by atoms with Gasteiger partial charge in [0, 0.05) is 47.3 Å². The van der Waals surface area contributed by atoms with Gasteiger partial charge >= 0.3 is 0 Å². The number of thioether (sulfide) groups is 1. The third kappa shape index (κ3) is 5.01. The number of carbonyl (C=O) groups is 2. The predicted molar refractivity (Wildman–Crippen MR) is 159 cm³/mol. The molecule has 0 amide bonds. The number of aliphatic hydroxyl groups excluding tert-OH is 1. The SMILES string of the molecule is CC12CCC(=O)C=C1CCC1C2C(O)CC2(C)C1CCC2(O)C(=O)CSc1ccc(N(CCCl)CCCl)cc1. The van der Waals surface area contributed by atoms with Gasteiger partial charge in [0.05, 0.1) is 11.9 Å². The number of hydrogen-bond donors (Lipinski definition) is 2. The van der Waals surface area contributed by atoms with Crippen LogP contribution in [0.2, 0.25) is 0 Å². The third-order valence-electron chi connectivity index (χ3n) is 10.8. The van der Waals surface area contributed by atoms with Crippen molar-refractivity contribution >= 4 is 52.2 Å². The van der Waals surface area contributed by atoms with E-state index in [2.05, 4.69) is 11.8 Å². The van der Waals surface area contributed by atoms with E-state index in [1.807, 2.05) is 37.3 Å². The Morgan fingerprint density at radius 1 is 1.08 bits per heavy atom. The van der Waals surface area contributed by atoms with Crippen LogP contribution in [0.5, 0.6) is 0 Å². The van der Waals surface area contributed by atoms with Gasteiger partial charge in [0.25, 0.3) is 0 Å². The Balaban J connectivity index is 1.29. The number of allylic oxidation sites excluding steroid dienone is 1. The molecule has 8 heteroatoms. The summed E-state index contributed by atoms with van der Waals surface area (Å²) in [4.78, 5) is 29.0. The second kappa shape index (κ2) is 11.3. The number of anilines is 1. The van der Waals surface area contributed by atoms with Crippen molar-refractivity contribution < 1.29 is 19.8 Å². The minimum absolute atomic E-state index is 0.0752. The van der Waals surface area contributed by atoms with E-state index in [0.717, 1.165) is 36.3 Å². The molecule has 3 saturated carbocycles. The van der Waals surface area contributed by atoms with Crippen LogP contribution in [0.3, 0.4) is 0 Å². The van der Waals surface area contributed by atoms with E-state index in [1.165, 1.54) is 17.3 Å². The van der Waals surface area contributed by atoms with Crippen LogP contribution < -0.4 is 4.90 Å². The van der Waals surface area contributed by atoms with Crippen LogP contribution in [0.4, 0.5) is 5.69 Å². The maximum Gasteiger partial charge on any atom is 0.175 e. The van der Waals surface area contributed by atoms with Crippen LogP contribution in [-0.2, 0) is 9.59 Å². The smallest absolute Gasteiger partial charge is 0.175 e. The second-order valence-electron chi connectivity index (χ2n) is 12.5. The lowest BCUT2D eigenvalue weighted by Gasteiger charge is -2.60. The molecule has 0 aliphatic heterocycles. The Morgan fingerprint density at radius 2 is 1.77 bits per heavy atom. The van der Waals surface area contributed by atoms with Crippen molar-refractivity contribution in [2.75, 3.05) is 35.5 Å². The van der Waals surface area contributed by atoms with Crippen molar-refractivity contribution in [1.82, 2.24) is 0 Å². The first kappa shape index (κ1) is 29.4. The lowest BCUT2D eigenvalue weighted by molar-refractivity contribution is -0.178. The number of nitrogens with zero attached hydrogens (tertiary/aromatic N) is 1. The summed E-state index contributed by atoms with van der Waals surface area (Å²) < 4.78 is 0. The molecule has 0 aromatic heterocycles. The van der Waals surface area contributed by atoms with Gasteiger partial charge in [-0.2, -0.15) is 0 Å². The van der Waals surface area contributed by atoms with Gasteiger partial charge in [-0.25, -0.2) is 0 Å². The van der Waals surface area contributed by atoms with Crippen molar-refractivity contribution in [3.8, 4) is 0 Å². The highest BCUT2D eigenvalue weighted by Gasteiger charge is 2.68. The third-order valence-corrected chi connectivity index (χ3v) is 12.1. The van der Waals surface area contributed by atoms with Gasteiger partial charge in [-0.3, -0.25) is 9.59 Å². The summed E-state index contributed by atoms with van der Waals surface area (Å²) >= 11 is 13.3. The Kier molecular flexibility index (Phi) is 8.55. The summed E-state index contributed by atoms with van der Waals surface area (Å²) in [5, 5.41) is 23.6. The van der Waals surface area contributed by atoms with Crippen LogP contribution >= 0.6 is 35.0 Å². The quantitative estimate of drug-likeness (QED) is 0.275. The average molecular weight is 595 g/mol. The summed E-state index contributed by atoms with van der Waals surface area (Å²) in [6.07, 6.45) is 6.02. The van der Waals surface area contributed by atoms with Gasteiger partial charge in [0.1, 0.15) is 5.60 Å². The fraction of sp³-hybridized carbons (Fsp3) is 0.677. The number of halogens is 2. The molecule has 1 aromatic rings. The number of benzene rings is 1. The van der Waals surface area contributed by atoms with Gasteiger partial charge in [-0.1, -0.05) is 19.4 Å². The zero-order valence-electron chi connectivity index (χ0n) is 23.0. The van der Waals surface area contributed by atoms with E-state index < -0.39 is 17.1 Å². The number of Topliss-reactive ketones (excluding diaryl/α,β-unsaturated/α-hetero) is 1. The van der Waals surface area contributed by atoms with Crippen molar-refractivity contribution in [3.63, 3.8) is 0 Å². The summed E-state index contributed by atoms with van der Waals surface area (Å²) in [5.74, 6) is 1.82. The maximum atomic E-state index is 13.7. The summed E-state index contributed by atoms with van der Waals surface area (Å²) in [7, 11) is 0. The molecule has 0 bridgehead atoms. The Morgan fingerprint density at radius 3 is 2.44 bits per heavy atom. The molecule has 4 aliphatic rings. The number of hydrogen-bond acceptors (Lipinski definition) is 6. The zero-order valence-corrected chi connectivity index (χ0v) is 25.3. The molecule has 0 heterocycles. The van der Waals surface area contributed by atoms with Gasteiger partial charge < -0.3 is 15.1 Å². The fourth-order valence-electron chi connectivity index (χ4n) is 8.75. The second-order valence-corrected chi connectivity index (χ2v) is 14.4. The van der Waals surface area contributed by atoms with Crippen LogP contribution in [0.25, 0.3) is 0 Å². The highest BCUT2D eigenvalue weighted by molar-refractivity contribution is 8.00. The summed E-state index contributed by atoms with van der Waals surface area (Å²) in [6, 6.07) is 8.06. The first-order chi connectivity index (χ1) is 18.6. The van der Waals surface area contributed by atoms with Crippen LogP contribution in [-0.4, -0.2) is 64.1 Å². The first-order valence-electron chi connectivity index (χ1n) is 14.3. The standard InChI is InChI=1S/C31H41Cl2NO4S/c1-29-11-9-22(35)17-20(29)3-8-24-25-10-12-31(38,30(25,2)18-26(36)28(24)29)27(37)19-39-23-6-4-21(5-7-23)34(15-13-32)16-14-33/h4-7,17,24-26,28,36,38H,3,8-16,18-19H2,1-2H3. The normalized spacial score (nSPS) is 37.5. The molecule has 3 fully saturated rings. The summed E-state index contributed by atoms with van der Waals surface area (Å²) in [5.41, 5.74) is -0.0197. The fourth-order valence-corrected chi connectivity index (χ4v) is 10.0. The van der Waals surface area contributed by atoms with E-state index in [1.54, 1.807) is 0 Å². The minimum Gasteiger partial charge on any atom is -0.393 e. The molecule has 0 saturated heterocycles. The van der Waals surface area contributed by atoms with E-state index in [0.29, 0.717) is 44.1 Å². The largest absolute Gasteiger partial charge is 0.393 e. The molecule has 0 radical (unpaired) electrons. The van der Waals surface area contributed by atoms with Crippen molar-refractivity contribution in [2.45, 2.75) is 75.4 Å². The number of rotatable bonds is 9. The predicted octanol–water partition coefficient (Wildman–Crippen LogP) is 5.87. The van der Waals surface area contributed by atoms with Crippen LogP contribution in [0, 0.1) is 28.6 Å². The maximum absolute atomic E-state index is 13.7. The molecule has 7 unspecified atom stereocenters. The number of alkyl halides is 2. The molecule has 214 valence electrons. The topological polar surface area (TPSA) is 77.8 Å². The van der Waals surface area contributed by atoms with Crippen molar-refractivity contribution in [3.05, 3.63) is 35.9 Å². The minimum atomic E-state index is -1.44. The highest BCUT2D eigenvalue weighted by Crippen LogP contribution is 2.67. The summed E-state index contributed by atoms with van der Waals surface area (Å²) in [6.45, 7) is 5.71. The number of aliphatic hydroxyl groups is 2. The molecule has 5 rings (SSSR count). The molecule has 39 heavy (non-hydrogen) atoms. The van der Waals surface area contributed by atoms with E-state index in [4.69, 9.17) is 23.2 Å². The van der Waals surface area contributed by atoms with E-state index >= 15 is 0 Å². The number of fused-ring (bicyclic) bond motifs is 5. The molecular weight excluding hydrogens is 553 g/mol. The average Bonchev–Trinajstić information content (AvgIpc) is 3.18. The van der Waals surface area contributed by atoms with Gasteiger partial charge in [0.15, 0.2) is 11.6 Å². The Bertz CT molecular complexity index is 1120. The Hall–Kier alpha value is -1.05. The molecule has 5 nitrogen and oxygen atoms in total. The first-order valence-corrected chi connectivity index (χ1v) is 16.4. The van der Waals surface area contributed by atoms with Gasteiger partial charge in [-0.05, 0) is 92.0 Å². The highest BCUT2D eigenvalue weighted by atomic mass is 35.5. The number of ketones is 2. The monoisotopic (exact) mass is 593 g/mol. The van der Waals surface area contributed by atoms with Crippen LogP contribution in [0.1, 0.15) is 58.8 Å². The van der Waals surface area contributed by atoms with Crippen molar-refractivity contribution in [2.24, 2.45) is 28.6 Å². The lowest BCUT2D eigenvalue weighted by atomic mass is 9.45.